The Morgan fingerprint density at radius 1 is 1.29 bits per heavy atom. The van der Waals surface area contributed by atoms with Crippen LogP contribution in [0, 0.1) is 13.8 Å². The number of hydrogen-bond donors (Lipinski definition) is 1. The van der Waals surface area contributed by atoms with Crippen LogP contribution in [0.3, 0.4) is 0 Å². The summed E-state index contributed by atoms with van der Waals surface area (Å²) < 4.78 is 8.91. The lowest BCUT2D eigenvalue weighted by atomic mass is 10.1. The zero-order valence-corrected chi connectivity index (χ0v) is 16.6. The first kappa shape index (κ1) is 18.3. The maximum atomic E-state index is 13.0. The lowest BCUT2D eigenvalue weighted by molar-refractivity contribution is 0.0949. The molecule has 1 fully saturated rings. The van der Waals surface area contributed by atoms with E-state index in [9.17, 15) is 4.79 Å². The molecule has 0 spiro atoms. The number of amides is 1. The van der Waals surface area contributed by atoms with E-state index >= 15 is 0 Å². The van der Waals surface area contributed by atoms with E-state index in [1.807, 2.05) is 46.1 Å². The molecule has 1 aromatic carbocycles. The SMILES string of the molecule is CCOc1ccc([C@@H]2C[C@H]2NC(=O)c2c(C)nn(C)c2-n2cc(C)cn2)cc1. The van der Waals surface area contributed by atoms with Gasteiger partial charge in [0.1, 0.15) is 11.3 Å². The Labute approximate surface area is 164 Å². The lowest BCUT2D eigenvalue weighted by Crippen LogP contribution is -2.28. The van der Waals surface area contributed by atoms with Crippen molar-refractivity contribution in [3.05, 3.63) is 59.0 Å². The van der Waals surface area contributed by atoms with Crippen LogP contribution in [0.1, 0.15) is 46.4 Å². The molecule has 146 valence electrons. The molecular weight excluding hydrogens is 354 g/mol. The van der Waals surface area contributed by atoms with Crippen molar-refractivity contribution < 1.29 is 9.53 Å². The monoisotopic (exact) mass is 379 g/mol. The van der Waals surface area contributed by atoms with E-state index in [0.29, 0.717) is 29.6 Å². The number of nitrogens with zero attached hydrogens (tertiary/aromatic N) is 4. The van der Waals surface area contributed by atoms with Gasteiger partial charge in [0, 0.05) is 25.2 Å². The van der Waals surface area contributed by atoms with Crippen LogP contribution in [-0.2, 0) is 7.05 Å². The third kappa shape index (κ3) is 3.40. The molecule has 1 amide bonds. The summed E-state index contributed by atoms with van der Waals surface area (Å²) in [6.07, 6.45) is 4.61. The van der Waals surface area contributed by atoms with Gasteiger partial charge in [-0.3, -0.25) is 4.79 Å². The first-order chi connectivity index (χ1) is 13.5. The van der Waals surface area contributed by atoms with E-state index in [0.717, 1.165) is 17.7 Å². The van der Waals surface area contributed by atoms with Gasteiger partial charge in [-0.15, -0.1) is 0 Å². The molecule has 1 N–H and O–H groups in total. The molecule has 7 heteroatoms. The topological polar surface area (TPSA) is 74.0 Å². The summed E-state index contributed by atoms with van der Waals surface area (Å²) in [4.78, 5) is 13.0. The number of carbonyl (C=O) groups excluding carboxylic acids is 1. The van der Waals surface area contributed by atoms with Crippen molar-refractivity contribution in [3.63, 3.8) is 0 Å². The minimum Gasteiger partial charge on any atom is -0.494 e. The highest BCUT2D eigenvalue weighted by molar-refractivity contribution is 5.98. The Morgan fingerprint density at radius 3 is 2.68 bits per heavy atom. The Kier molecular flexibility index (Phi) is 4.66. The van der Waals surface area contributed by atoms with Gasteiger partial charge in [0.15, 0.2) is 5.82 Å². The van der Waals surface area contributed by atoms with Crippen LogP contribution in [-0.4, -0.2) is 38.1 Å². The van der Waals surface area contributed by atoms with Gasteiger partial charge < -0.3 is 10.1 Å². The van der Waals surface area contributed by atoms with E-state index in [2.05, 4.69) is 27.6 Å². The van der Waals surface area contributed by atoms with Gasteiger partial charge in [0.05, 0.1) is 18.5 Å². The van der Waals surface area contributed by atoms with Gasteiger partial charge in [-0.05, 0) is 50.5 Å². The second-order valence-corrected chi connectivity index (χ2v) is 7.29. The minimum absolute atomic E-state index is 0.104. The lowest BCUT2D eigenvalue weighted by Gasteiger charge is -2.09. The normalized spacial score (nSPS) is 18.1. The summed E-state index contributed by atoms with van der Waals surface area (Å²) in [5, 5.41) is 11.9. The second kappa shape index (κ2) is 7.14. The van der Waals surface area contributed by atoms with Gasteiger partial charge in [0.2, 0.25) is 0 Å². The molecule has 28 heavy (non-hydrogen) atoms. The highest BCUT2D eigenvalue weighted by Crippen LogP contribution is 2.41. The van der Waals surface area contributed by atoms with E-state index < -0.39 is 0 Å². The van der Waals surface area contributed by atoms with E-state index in [1.165, 1.54) is 5.56 Å². The number of carbonyl (C=O) groups is 1. The van der Waals surface area contributed by atoms with Crippen LogP contribution in [0.4, 0.5) is 0 Å². The van der Waals surface area contributed by atoms with Crippen LogP contribution in [0.15, 0.2) is 36.7 Å². The number of rotatable bonds is 6. The first-order valence-corrected chi connectivity index (χ1v) is 9.56. The number of hydrogen-bond acceptors (Lipinski definition) is 4. The third-order valence-electron chi connectivity index (χ3n) is 5.07. The highest BCUT2D eigenvalue weighted by atomic mass is 16.5. The third-order valence-corrected chi connectivity index (χ3v) is 5.07. The molecule has 0 bridgehead atoms. The van der Waals surface area contributed by atoms with Crippen LogP contribution >= 0.6 is 0 Å². The second-order valence-electron chi connectivity index (χ2n) is 7.29. The molecule has 1 saturated carbocycles. The molecule has 3 aromatic rings. The number of ether oxygens (including phenoxy) is 1. The number of aryl methyl sites for hydroxylation is 3. The largest absolute Gasteiger partial charge is 0.494 e. The molecule has 1 aliphatic rings. The Bertz CT molecular complexity index is 1000. The molecule has 0 radical (unpaired) electrons. The van der Waals surface area contributed by atoms with Crippen molar-refractivity contribution in [2.75, 3.05) is 6.61 Å². The summed E-state index contributed by atoms with van der Waals surface area (Å²) >= 11 is 0. The van der Waals surface area contributed by atoms with Crippen molar-refractivity contribution in [2.24, 2.45) is 7.05 Å². The molecule has 0 saturated heterocycles. The van der Waals surface area contributed by atoms with Crippen LogP contribution in [0.5, 0.6) is 5.75 Å². The predicted octanol–water partition coefficient (Wildman–Crippen LogP) is 2.91. The van der Waals surface area contributed by atoms with Crippen molar-refractivity contribution in [2.45, 2.75) is 39.2 Å². The zero-order chi connectivity index (χ0) is 19.8. The molecule has 2 atom stereocenters. The van der Waals surface area contributed by atoms with Gasteiger partial charge in [-0.25, -0.2) is 9.36 Å². The predicted molar refractivity (Wildman–Crippen MR) is 106 cm³/mol. The van der Waals surface area contributed by atoms with Gasteiger partial charge >= 0.3 is 0 Å². The quantitative estimate of drug-likeness (QED) is 0.715. The average molecular weight is 379 g/mol. The van der Waals surface area contributed by atoms with E-state index in [-0.39, 0.29) is 11.9 Å². The average Bonchev–Trinajstić information content (AvgIpc) is 3.17. The Morgan fingerprint density at radius 2 is 2.04 bits per heavy atom. The number of benzene rings is 1. The van der Waals surface area contributed by atoms with Crippen molar-refractivity contribution >= 4 is 5.91 Å². The van der Waals surface area contributed by atoms with Crippen molar-refractivity contribution in [1.82, 2.24) is 24.9 Å². The van der Waals surface area contributed by atoms with Crippen LogP contribution in [0.2, 0.25) is 0 Å². The van der Waals surface area contributed by atoms with Crippen molar-refractivity contribution in [1.29, 1.82) is 0 Å². The van der Waals surface area contributed by atoms with Crippen molar-refractivity contribution in [3.8, 4) is 11.6 Å². The van der Waals surface area contributed by atoms with Gasteiger partial charge in [-0.1, -0.05) is 12.1 Å². The van der Waals surface area contributed by atoms with Gasteiger partial charge in [0.25, 0.3) is 5.91 Å². The van der Waals surface area contributed by atoms with Crippen LogP contribution < -0.4 is 10.1 Å². The zero-order valence-electron chi connectivity index (χ0n) is 16.6. The van der Waals surface area contributed by atoms with Crippen LogP contribution in [0.25, 0.3) is 5.82 Å². The summed E-state index contributed by atoms with van der Waals surface area (Å²) in [6, 6.07) is 8.26. The fraction of sp³-hybridized carbons (Fsp3) is 0.381. The molecule has 2 aromatic heterocycles. The Balaban J connectivity index is 1.49. The van der Waals surface area contributed by atoms with E-state index in [1.54, 1.807) is 15.6 Å². The summed E-state index contributed by atoms with van der Waals surface area (Å²) in [5.41, 5.74) is 3.52. The molecule has 0 aliphatic heterocycles. The molecule has 4 rings (SSSR count). The molecule has 0 unspecified atom stereocenters. The summed E-state index contributed by atoms with van der Waals surface area (Å²) in [6.45, 7) is 6.45. The fourth-order valence-electron chi connectivity index (χ4n) is 3.64. The summed E-state index contributed by atoms with van der Waals surface area (Å²) in [7, 11) is 1.83. The maximum Gasteiger partial charge on any atom is 0.257 e. The number of aromatic nitrogens is 4. The minimum atomic E-state index is -0.104. The Hall–Kier alpha value is -3.09. The fourth-order valence-corrected chi connectivity index (χ4v) is 3.64. The molecule has 7 nitrogen and oxygen atoms in total. The highest BCUT2D eigenvalue weighted by Gasteiger charge is 2.40. The smallest absolute Gasteiger partial charge is 0.257 e. The first-order valence-electron chi connectivity index (χ1n) is 9.56. The standard InChI is InChI=1S/C21H25N5O2/c1-5-28-16-8-6-15(7-9-16)17-10-18(17)23-20(27)19-14(3)24-25(4)21(19)26-12-13(2)11-22-26/h6-9,11-12,17-18H,5,10H2,1-4H3,(H,23,27)/t17-,18+/m0/s1. The summed E-state index contributed by atoms with van der Waals surface area (Å²) in [5.74, 6) is 1.79. The number of nitrogens with one attached hydrogen (secondary N) is 1. The molecule has 1 aliphatic carbocycles. The van der Waals surface area contributed by atoms with E-state index in [4.69, 9.17) is 4.74 Å². The molecule has 2 heterocycles. The van der Waals surface area contributed by atoms with Gasteiger partial charge in [-0.2, -0.15) is 10.2 Å². The maximum absolute atomic E-state index is 13.0. The molecular formula is C21H25N5O2.